The van der Waals surface area contributed by atoms with Crippen molar-refractivity contribution in [1.82, 2.24) is 4.98 Å². The summed E-state index contributed by atoms with van der Waals surface area (Å²) in [7, 11) is -3.33. The fraction of sp³-hybridized carbons (Fsp3) is 0.250. The number of amides is 1. The van der Waals surface area contributed by atoms with E-state index in [0.717, 1.165) is 0 Å². The quantitative estimate of drug-likeness (QED) is 0.912. The second kappa shape index (κ2) is 5.75. The van der Waals surface area contributed by atoms with E-state index < -0.39 is 15.9 Å². The number of anilines is 1. The standard InChI is InChI=1S/C16H17N3O3S/c1-23(21,22)14-5-3-2-4-12(14)11-6-7-15(18-10-11)19-9-8-13(17)16(19)20/h2-7,10,13H,8-9,17H2,1H3/t13-/m0/s1. The van der Waals surface area contributed by atoms with E-state index in [-0.39, 0.29) is 10.8 Å². The first-order valence-corrected chi connectivity index (χ1v) is 9.09. The van der Waals surface area contributed by atoms with Gasteiger partial charge in [-0.15, -0.1) is 0 Å². The van der Waals surface area contributed by atoms with Gasteiger partial charge in [0.1, 0.15) is 5.82 Å². The number of hydrogen-bond donors (Lipinski definition) is 1. The molecule has 0 unspecified atom stereocenters. The van der Waals surface area contributed by atoms with Gasteiger partial charge in [0.2, 0.25) is 5.91 Å². The lowest BCUT2D eigenvalue weighted by Gasteiger charge is -2.15. The second-order valence-corrected chi connectivity index (χ2v) is 7.54. The zero-order valence-corrected chi connectivity index (χ0v) is 13.5. The summed E-state index contributed by atoms with van der Waals surface area (Å²) >= 11 is 0. The number of hydrogen-bond acceptors (Lipinski definition) is 5. The third kappa shape index (κ3) is 2.97. The normalized spacial score (nSPS) is 18.4. The Kier molecular flexibility index (Phi) is 3.91. The minimum Gasteiger partial charge on any atom is -0.320 e. The lowest BCUT2D eigenvalue weighted by atomic mass is 10.1. The van der Waals surface area contributed by atoms with Crippen LogP contribution in [0.25, 0.3) is 11.1 Å². The molecule has 1 fully saturated rings. The average Bonchev–Trinajstić information content (AvgIpc) is 2.86. The van der Waals surface area contributed by atoms with Crippen molar-refractivity contribution in [2.45, 2.75) is 17.4 Å². The van der Waals surface area contributed by atoms with Crippen LogP contribution >= 0.6 is 0 Å². The molecule has 1 saturated heterocycles. The number of carbonyl (C=O) groups excluding carboxylic acids is 1. The Labute approximate surface area is 134 Å². The molecule has 2 aromatic rings. The molecule has 1 amide bonds. The highest BCUT2D eigenvalue weighted by molar-refractivity contribution is 7.90. The molecule has 1 aliphatic rings. The lowest BCUT2D eigenvalue weighted by Crippen LogP contribution is -2.34. The molecule has 2 heterocycles. The van der Waals surface area contributed by atoms with E-state index in [9.17, 15) is 13.2 Å². The van der Waals surface area contributed by atoms with E-state index in [0.29, 0.717) is 29.9 Å². The molecule has 0 radical (unpaired) electrons. The summed E-state index contributed by atoms with van der Waals surface area (Å²) in [5.74, 6) is 0.394. The number of nitrogens with two attached hydrogens (primary N) is 1. The number of pyridine rings is 1. The van der Waals surface area contributed by atoms with Crippen molar-refractivity contribution in [3.05, 3.63) is 42.6 Å². The van der Waals surface area contributed by atoms with Gasteiger partial charge in [0.25, 0.3) is 0 Å². The molecule has 3 rings (SSSR count). The molecule has 120 valence electrons. The van der Waals surface area contributed by atoms with Gasteiger partial charge in [-0.05, 0) is 24.6 Å². The first kappa shape index (κ1) is 15.6. The molecule has 7 heteroatoms. The van der Waals surface area contributed by atoms with Crippen molar-refractivity contribution < 1.29 is 13.2 Å². The molecule has 6 nitrogen and oxygen atoms in total. The molecule has 0 saturated carbocycles. The molecule has 1 aromatic heterocycles. The maximum absolute atomic E-state index is 11.9. The molecular weight excluding hydrogens is 314 g/mol. The minimum absolute atomic E-state index is 0.137. The minimum atomic E-state index is -3.33. The van der Waals surface area contributed by atoms with E-state index in [2.05, 4.69) is 4.98 Å². The van der Waals surface area contributed by atoms with E-state index in [1.807, 2.05) is 0 Å². The van der Waals surface area contributed by atoms with Crippen molar-refractivity contribution in [2.75, 3.05) is 17.7 Å². The van der Waals surface area contributed by atoms with Crippen LogP contribution in [0.2, 0.25) is 0 Å². The van der Waals surface area contributed by atoms with E-state index in [4.69, 9.17) is 5.73 Å². The van der Waals surface area contributed by atoms with E-state index in [1.54, 1.807) is 47.5 Å². The maximum Gasteiger partial charge on any atom is 0.245 e. The van der Waals surface area contributed by atoms with Crippen LogP contribution in [0, 0.1) is 0 Å². The van der Waals surface area contributed by atoms with Crippen LogP contribution < -0.4 is 10.6 Å². The second-order valence-electron chi connectivity index (χ2n) is 5.56. The third-order valence-electron chi connectivity index (χ3n) is 3.87. The first-order valence-electron chi connectivity index (χ1n) is 7.20. The molecule has 1 aromatic carbocycles. The van der Waals surface area contributed by atoms with Gasteiger partial charge in [-0.2, -0.15) is 0 Å². The summed E-state index contributed by atoms with van der Waals surface area (Å²) in [6.07, 6.45) is 3.37. The van der Waals surface area contributed by atoms with Crippen molar-refractivity contribution >= 4 is 21.6 Å². The van der Waals surface area contributed by atoms with Crippen LogP contribution in [-0.2, 0) is 14.6 Å². The highest BCUT2D eigenvalue weighted by Crippen LogP contribution is 2.28. The van der Waals surface area contributed by atoms with Gasteiger partial charge in [0.15, 0.2) is 9.84 Å². The Hall–Kier alpha value is -2.25. The average molecular weight is 331 g/mol. The van der Waals surface area contributed by atoms with Crippen LogP contribution in [0.15, 0.2) is 47.5 Å². The third-order valence-corrected chi connectivity index (χ3v) is 5.02. The number of sulfone groups is 1. The molecule has 0 bridgehead atoms. The molecule has 2 N–H and O–H groups in total. The summed E-state index contributed by atoms with van der Waals surface area (Å²) in [6, 6.07) is 9.79. The van der Waals surface area contributed by atoms with Gasteiger partial charge >= 0.3 is 0 Å². The van der Waals surface area contributed by atoms with Gasteiger partial charge in [-0.25, -0.2) is 13.4 Å². The number of benzene rings is 1. The molecule has 1 atom stereocenters. The summed E-state index contributed by atoms with van der Waals surface area (Å²) in [4.78, 5) is 18.0. The van der Waals surface area contributed by atoms with E-state index in [1.165, 1.54) is 6.26 Å². The first-order chi connectivity index (χ1) is 10.9. The van der Waals surface area contributed by atoms with Gasteiger partial charge in [-0.1, -0.05) is 18.2 Å². The summed E-state index contributed by atoms with van der Waals surface area (Å²) < 4.78 is 23.8. The highest BCUT2D eigenvalue weighted by atomic mass is 32.2. The van der Waals surface area contributed by atoms with Gasteiger partial charge in [0, 0.05) is 30.1 Å². The number of aromatic nitrogens is 1. The fourth-order valence-corrected chi connectivity index (χ4v) is 3.57. The van der Waals surface area contributed by atoms with Crippen LogP contribution in [0.5, 0.6) is 0 Å². The smallest absolute Gasteiger partial charge is 0.245 e. The van der Waals surface area contributed by atoms with Crippen LogP contribution in [0.1, 0.15) is 6.42 Å². The van der Waals surface area contributed by atoms with E-state index >= 15 is 0 Å². The van der Waals surface area contributed by atoms with Crippen molar-refractivity contribution in [2.24, 2.45) is 5.73 Å². The number of carbonyl (C=O) groups is 1. The summed E-state index contributed by atoms with van der Waals surface area (Å²) in [5.41, 5.74) is 6.99. The zero-order valence-electron chi connectivity index (χ0n) is 12.6. The van der Waals surface area contributed by atoms with Crippen molar-refractivity contribution in [1.29, 1.82) is 0 Å². The fourth-order valence-electron chi connectivity index (χ4n) is 2.66. The summed E-state index contributed by atoms with van der Waals surface area (Å²) in [5, 5.41) is 0. The van der Waals surface area contributed by atoms with Gasteiger partial charge in [-0.3, -0.25) is 9.69 Å². The predicted molar refractivity (Wildman–Crippen MR) is 87.7 cm³/mol. The SMILES string of the molecule is CS(=O)(=O)c1ccccc1-c1ccc(N2CC[C@H](N)C2=O)nc1. The van der Waals surface area contributed by atoms with Gasteiger partial charge in [0.05, 0.1) is 10.9 Å². The van der Waals surface area contributed by atoms with Crippen LogP contribution in [0.4, 0.5) is 5.82 Å². The Bertz CT molecular complexity index is 847. The Morgan fingerprint density at radius 3 is 2.52 bits per heavy atom. The monoisotopic (exact) mass is 331 g/mol. The lowest BCUT2D eigenvalue weighted by molar-refractivity contribution is -0.118. The van der Waals surface area contributed by atoms with Crippen LogP contribution in [-0.4, -0.2) is 38.2 Å². The van der Waals surface area contributed by atoms with Crippen molar-refractivity contribution in [3.8, 4) is 11.1 Å². The molecule has 1 aliphatic heterocycles. The highest BCUT2D eigenvalue weighted by Gasteiger charge is 2.30. The topological polar surface area (TPSA) is 93.4 Å². The molecule has 0 aliphatic carbocycles. The Morgan fingerprint density at radius 1 is 1.22 bits per heavy atom. The molecule has 23 heavy (non-hydrogen) atoms. The predicted octanol–water partition coefficient (Wildman–Crippen LogP) is 1.22. The summed E-state index contributed by atoms with van der Waals surface area (Å²) in [6.45, 7) is 0.548. The molecular formula is C16H17N3O3S. The number of rotatable bonds is 3. The zero-order chi connectivity index (χ0) is 16.6. The Morgan fingerprint density at radius 2 is 1.96 bits per heavy atom. The van der Waals surface area contributed by atoms with Crippen molar-refractivity contribution in [3.63, 3.8) is 0 Å². The Balaban J connectivity index is 1.97. The maximum atomic E-state index is 11.9. The largest absolute Gasteiger partial charge is 0.320 e. The van der Waals surface area contributed by atoms with Crippen LogP contribution in [0.3, 0.4) is 0 Å². The van der Waals surface area contributed by atoms with Gasteiger partial charge < -0.3 is 5.73 Å². The molecule has 0 spiro atoms. The number of nitrogens with zero attached hydrogens (tertiary/aromatic N) is 2.